The maximum Gasteiger partial charge on any atom is 0.245 e. The van der Waals surface area contributed by atoms with Crippen LogP contribution < -0.4 is 21.4 Å². The molecule has 0 saturated carbocycles. The van der Waals surface area contributed by atoms with Gasteiger partial charge in [-0.3, -0.25) is 9.59 Å². The van der Waals surface area contributed by atoms with Crippen LogP contribution in [0.4, 0.5) is 16.5 Å². The molecular formula is C17H22N6O2S. The van der Waals surface area contributed by atoms with Crippen molar-refractivity contribution >= 4 is 45.4 Å². The highest BCUT2D eigenvalue weighted by atomic mass is 32.1. The Hall–Kier alpha value is -2.94. The summed E-state index contributed by atoms with van der Waals surface area (Å²) in [5.41, 5.74) is 10.2. The fraction of sp³-hybridized carbons (Fsp3) is 0.294. The number of nitrogen functional groups attached to an aromatic ring is 1. The van der Waals surface area contributed by atoms with Gasteiger partial charge in [-0.05, 0) is 31.2 Å². The third-order valence-electron chi connectivity index (χ3n) is 3.36. The molecule has 2 rings (SSSR count). The summed E-state index contributed by atoms with van der Waals surface area (Å²) in [4.78, 5) is 30.5. The SMILES string of the molecule is CC(CC(=O)Nc1ccc(N(C)C)cc1)=NNC(=O)Cc1cnc(N)s1. The van der Waals surface area contributed by atoms with Crippen molar-refractivity contribution in [2.75, 3.05) is 30.0 Å². The minimum absolute atomic E-state index is 0.0865. The molecule has 1 aromatic heterocycles. The largest absolute Gasteiger partial charge is 0.378 e. The molecule has 0 radical (unpaired) electrons. The van der Waals surface area contributed by atoms with E-state index in [0.717, 1.165) is 10.6 Å². The molecular weight excluding hydrogens is 352 g/mol. The van der Waals surface area contributed by atoms with Gasteiger partial charge in [-0.15, -0.1) is 11.3 Å². The van der Waals surface area contributed by atoms with E-state index < -0.39 is 0 Å². The summed E-state index contributed by atoms with van der Waals surface area (Å²) >= 11 is 1.26. The van der Waals surface area contributed by atoms with Gasteiger partial charge in [0.2, 0.25) is 11.8 Å². The van der Waals surface area contributed by atoms with Gasteiger partial charge in [0, 0.05) is 42.3 Å². The second-order valence-corrected chi connectivity index (χ2v) is 7.04. The number of nitrogens with one attached hydrogen (secondary N) is 2. The first kappa shape index (κ1) is 19.4. The smallest absolute Gasteiger partial charge is 0.245 e. The molecule has 0 aliphatic rings. The average molecular weight is 374 g/mol. The first-order valence-corrected chi connectivity index (χ1v) is 8.74. The van der Waals surface area contributed by atoms with Crippen molar-refractivity contribution in [2.24, 2.45) is 5.10 Å². The van der Waals surface area contributed by atoms with Crippen molar-refractivity contribution in [1.29, 1.82) is 0 Å². The molecule has 0 spiro atoms. The Balaban J connectivity index is 1.80. The van der Waals surface area contributed by atoms with E-state index >= 15 is 0 Å². The second-order valence-electron chi connectivity index (χ2n) is 5.89. The summed E-state index contributed by atoms with van der Waals surface area (Å²) in [7, 11) is 3.90. The molecule has 2 aromatic rings. The van der Waals surface area contributed by atoms with Crippen molar-refractivity contribution in [2.45, 2.75) is 19.8 Å². The molecule has 0 saturated heterocycles. The van der Waals surface area contributed by atoms with Crippen molar-refractivity contribution in [3.05, 3.63) is 35.3 Å². The minimum Gasteiger partial charge on any atom is -0.378 e. The zero-order valence-electron chi connectivity index (χ0n) is 14.9. The number of carbonyl (C=O) groups excluding carboxylic acids is 2. The predicted molar refractivity (Wildman–Crippen MR) is 105 cm³/mol. The monoisotopic (exact) mass is 374 g/mol. The van der Waals surface area contributed by atoms with Crippen LogP contribution in [0.5, 0.6) is 0 Å². The minimum atomic E-state index is -0.285. The lowest BCUT2D eigenvalue weighted by atomic mass is 10.2. The number of nitrogens with zero attached hydrogens (tertiary/aromatic N) is 3. The second kappa shape index (κ2) is 8.95. The standard InChI is InChI=1S/C17H22N6O2S/c1-11(21-22-16(25)9-14-10-19-17(18)26-14)8-15(24)20-12-4-6-13(7-5-12)23(2)3/h4-7,10H,8-9H2,1-3H3,(H2,18,19)(H,20,24)(H,22,25). The number of amides is 2. The van der Waals surface area contributed by atoms with Crippen LogP contribution in [0, 0.1) is 0 Å². The number of carbonyl (C=O) groups is 2. The van der Waals surface area contributed by atoms with E-state index in [1.807, 2.05) is 43.3 Å². The number of benzene rings is 1. The maximum absolute atomic E-state index is 12.0. The Bertz CT molecular complexity index is 798. The Kier molecular flexibility index (Phi) is 6.67. The third-order valence-corrected chi connectivity index (χ3v) is 4.19. The average Bonchev–Trinajstić information content (AvgIpc) is 2.98. The molecule has 0 aliphatic carbocycles. The summed E-state index contributed by atoms with van der Waals surface area (Å²) in [5, 5.41) is 7.17. The molecule has 0 fully saturated rings. The number of hydrazone groups is 1. The first-order valence-electron chi connectivity index (χ1n) is 7.93. The molecule has 0 bridgehead atoms. The Morgan fingerprint density at radius 1 is 1.23 bits per heavy atom. The molecule has 0 unspecified atom stereocenters. The van der Waals surface area contributed by atoms with Crippen molar-refractivity contribution in [3.8, 4) is 0 Å². The highest BCUT2D eigenvalue weighted by molar-refractivity contribution is 7.15. The number of nitrogens with two attached hydrogens (primary N) is 1. The molecule has 26 heavy (non-hydrogen) atoms. The lowest BCUT2D eigenvalue weighted by Gasteiger charge is -2.13. The molecule has 0 aliphatic heterocycles. The van der Waals surface area contributed by atoms with E-state index in [2.05, 4.69) is 20.8 Å². The van der Waals surface area contributed by atoms with Gasteiger partial charge >= 0.3 is 0 Å². The predicted octanol–water partition coefficient (Wildman–Crippen LogP) is 1.85. The van der Waals surface area contributed by atoms with Crippen LogP contribution in [0.1, 0.15) is 18.2 Å². The van der Waals surface area contributed by atoms with Crippen LogP contribution >= 0.6 is 11.3 Å². The van der Waals surface area contributed by atoms with Gasteiger partial charge in [-0.1, -0.05) is 0 Å². The lowest BCUT2D eigenvalue weighted by Crippen LogP contribution is -2.22. The van der Waals surface area contributed by atoms with Crippen molar-refractivity contribution in [3.63, 3.8) is 0 Å². The maximum atomic E-state index is 12.0. The Labute approximate surface area is 156 Å². The summed E-state index contributed by atoms with van der Waals surface area (Å²) in [5.74, 6) is -0.485. The highest BCUT2D eigenvalue weighted by Crippen LogP contribution is 2.16. The van der Waals surface area contributed by atoms with Gasteiger partial charge in [-0.25, -0.2) is 10.4 Å². The van der Waals surface area contributed by atoms with E-state index in [0.29, 0.717) is 16.5 Å². The third kappa shape index (κ3) is 6.17. The van der Waals surface area contributed by atoms with Crippen LogP contribution in [0.2, 0.25) is 0 Å². The van der Waals surface area contributed by atoms with E-state index in [-0.39, 0.29) is 24.7 Å². The van der Waals surface area contributed by atoms with Gasteiger partial charge in [0.25, 0.3) is 0 Å². The normalized spacial score (nSPS) is 11.1. The number of thiazole rings is 1. The van der Waals surface area contributed by atoms with E-state index in [4.69, 9.17) is 5.73 Å². The van der Waals surface area contributed by atoms with E-state index in [1.165, 1.54) is 11.3 Å². The summed E-state index contributed by atoms with van der Waals surface area (Å²) in [6.07, 6.45) is 1.80. The number of aromatic nitrogens is 1. The van der Waals surface area contributed by atoms with Crippen LogP contribution in [0.3, 0.4) is 0 Å². The molecule has 2 amide bonds. The van der Waals surface area contributed by atoms with Crippen LogP contribution in [0.15, 0.2) is 35.6 Å². The quantitative estimate of drug-likeness (QED) is 0.506. The summed E-state index contributed by atoms with van der Waals surface area (Å²) in [6, 6.07) is 7.51. The van der Waals surface area contributed by atoms with Gasteiger partial charge in [0.05, 0.1) is 12.8 Å². The molecule has 1 aromatic carbocycles. The summed E-state index contributed by atoms with van der Waals surface area (Å²) < 4.78 is 0. The zero-order chi connectivity index (χ0) is 19.1. The zero-order valence-corrected chi connectivity index (χ0v) is 15.8. The van der Waals surface area contributed by atoms with Gasteiger partial charge in [-0.2, -0.15) is 5.10 Å². The fourth-order valence-electron chi connectivity index (χ4n) is 2.08. The van der Waals surface area contributed by atoms with Crippen LogP contribution in [-0.4, -0.2) is 36.6 Å². The molecule has 4 N–H and O–H groups in total. The highest BCUT2D eigenvalue weighted by Gasteiger charge is 2.08. The van der Waals surface area contributed by atoms with Gasteiger partial charge in [0.15, 0.2) is 5.13 Å². The fourth-order valence-corrected chi connectivity index (χ4v) is 2.76. The first-order chi connectivity index (χ1) is 12.3. The van der Waals surface area contributed by atoms with E-state index in [1.54, 1.807) is 13.1 Å². The number of hydrogen-bond acceptors (Lipinski definition) is 7. The molecule has 0 atom stereocenters. The molecule has 1 heterocycles. The topological polar surface area (TPSA) is 113 Å². The molecule has 8 nitrogen and oxygen atoms in total. The molecule has 138 valence electrons. The number of hydrogen-bond donors (Lipinski definition) is 3. The van der Waals surface area contributed by atoms with E-state index in [9.17, 15) is 9.59 Å². The van der Waals surface area contributed by atoms with Crippen LogP contribution in [0.25, 0.3) is 0 Å². The Morgan fingerprint density at radius 3 is 2.50 bits per heavy atom. The van der Waals surface area contributed by atoms with Gasteiger partial charge in [0.1, 0.15) is 0 Å². The lowest BCUT2D eigenvalue weighted by molar-refractivity contribution is -0.120. The van der Waals surface area contributed by atoms with Crippen molar-refractivity contribution in [1.82, 2.24) is 10.4 Å². The molecule has 9 heteroatoms. The summed E-state index contributed by atoms with van der Waals surface area (Å²) in [6.45, 7) is 1.68. The van der Waals surface area contributed by atoms with Crippen LogP contribution in [-0.2, 0) is 16.0 Å². The number of rotatable bonds is 7. The van der Waals surface area contributed by atoms with Gasteiger partial charge < -0.3 is 16.0 Å². The Morgan fingerprint density at radius 2 is 1.92 bits per heavy atom. The number of anilines is 3. The van der Waals surface area contributed by atoms with Crippen molar-refractivity contribution < 1.29 is 9.59 Å².